The molecule has 0 amide bonds. The predicted octanol–water partition coefficient (Wildman–Crippen LogP) is 2.10. The van der Waals surface area contributed by atoms with Crippen LogP contribution in [0.3, 0.4) is 0 Å². The molecule has 0 aromatic heterocycles. The van der Waals surface area contributed by atoms with Crippen LogP contribution in [0.2, 0.25) is 0 Å². The van der Waals surface area contributed by atoms with Crippen molar-refractivity contribution in [2.45, 2.75) is 6.61 Å². The molecule has 0 fully saturated rings. The highest BCUT2D eigenvalue weighted by Gasteiger charge is 1.96. The van der Waals surface area contributed by atoms with Crippen molar-refractivity contribution in [1.29, 1.82) is 0 Å². The highest BCUT2D eigenvalue weighted by Crippen LogP contribution is 2.30. The van der Waals surface area contributed by atoms with Gasteiger partial charge in [0.25, 0.3) is 0 Å². The second-order valence-electron chi connectivity index (χ2n) is 3.43. The first kappa shape index (κ1) is 16.1. The van der Waals surface area contributed by atoms with Gasteiger partial charge >= 0.3 is 16.5 Å². The summed E-state index contributed by atoms with van der Waals surface area (Å²) < 4.78 is 22.3. The zero-order chi connectivity index (χ0) is 14.3. The number of hydrogen-bond donors (Lipinski definition) is 3. The van der Waals surface area contributed by atoms with E-state index in [9.17, 15) is 9.13 Å². The van der Waals surface area contributed by atoms with E-state index < -0.39 is 16.5 Å². The molecule has 0 saturated heterocycles. The van der Waals surface area contributed by atoms with E-state index >= 15 is 0 Å². The number of fused-ring (bicyclic) bond motifs is 1. The van der Waals surface area contributed by atoms with E-state index in [1.54, 1.807) is 0 Å². The van der Waals surface area contributed by atoms with Crippen LogP contribution in [0.25, 0.3) is 10.8 Å². The lowest BCUT2D eigenvalue weighted by atomic mass is 10.1. The lowest BCUT2D eigenvalue weighted by Gasteiger charge is -2.01. The SMILES string of the molecule is O=[PH](O)O[PH](=O)O.OCc1cccc2ccccc12. The normalized spacial score (nSPS) is 13.4. The maximum Gasteiger partial charge on any atom is 0.323 e. The molecule has 3 N–H and O–H groups in total. The standard InChI is InChI=1S/C11H10O.H4O5P2/c12-8-10-6-3-5-9-4-1-2-7-11(9)10;1-6(2)5-7(3)4/h1-7,12H,8H2;6-7H,(H,1,2)(H,3,4). The lowest BCUT2D eigenvalue weighted by Crippen LogP contribution is -1.84. The van der Waals surface area contributed by atoms with Gasteiger partial charge in [0.05, 0.1) is 6.61 Å². The summed E-state index contributed by atoms with van der Waals surface area (Å²) in [5, 5.41) is 11.4. The van der Waals surface area contributed by atoms with Gasteiger partial charge in [-0.25, -0.2) is 4.31 Å². The highest BCUT2D eigenvalue weighted by atomic mass is 31.2. The summed E-state index contributed by atoms with van der Waals surface area (Å²) in [5.41, 5.74) is 0.994. The molecule has 6 nitrogen and oxygen atoms in total. The maximum atomic E-state index is 9.44. The monoisotopic (exact) mass is 304 g/mol. The average molecular weight is 304 g/mol. The van der Waals surface area contributed by atoms with E-state index in [1.807, 2.05) is 30.3 Å². The molecule has 0 spiro atoms. The number of aliphatic hydroxyl groups excluding tert-OH is 1. The van der Waals surface area contributed by atoms with Crippen LogP contribution in [0.15, 0.2) is 42.5 Å². The number of benzene rings is 2. The third-order valence-corrected chi connectivity index (χ3v) is 3.62. The molecule has 0 aliphatic rings. The van der Waals surface area contributed by atoms with E-state index in [0.29, 0.717) is 0 Å². The second-order valence-corrected chi connectivity index (χ2v) is 5.31. The summed E-state index contributed by atoms with van der Waals surface area (Å²) in [5.74, 6) is 0. The van der Waals surface area contributed by atoms with Crippen molar-refractivity contribution in [3.63, 3.8) is 0 Å². The van der Waals surface area contributed by atoms with Crippen molar-refractivity contribution >= 4 is 27.3 Å². The third-order valence-electron chi connectivity index (χ3n) is 2.22. The molecule has 0 aliphatic heterocycles. The largest absolute Gasteiger partial charge is 0.392 e. The van der Waals surface area contributed by atoms with Crippen molar-refractivity contribution in [1.82, 2.24) is 0 Å². The van der Waals surface area contributed by atoms with Crippen molar-refractivity contribution in [2.24, 2.45) is 0 Å². The summed E-state index contributed by atoms with van der Waals surface area (Å²) in [6.45, 7) is 0.112. The first-order chi connectivity index (χ1) is 9.04. The van der Waals surface area contributed by atoms with Crippen molar-refractivity contribution in [2.75, 3.05) is 0 Å². The van der Waals surface area contributed by atoms with E-state index in [4.69, 9.17) is 14.9 Å². The Kier molecular flexibility index (Phi) is 6.95. The van der Waals surface area contributed by atoms with Gasteiger partial charge in [0.1, 0.15) is 0 Å². The Labute approximate surface area is 111 Å². The number of aliphatic hydroxyl groups is 1. The minimum Gasteiger partial charge on any atom is -0.392 e. The predicted molar refractivity (Wildman–Crippen MR) is 73.4 cm³/mol. The van der Waals surface area contributed by atoms with Crippen LogP contribution in [0.4, 0.5) is 0 Å². The Morgan fingerprint density at radius 3 is 2.05 bits per heavy atom. The number of rotatable bonds is 3. The van der Waals surface area contributed by atoms with E-state index in [1.165, 1.54) is 5.39 Å². The van der Waals surface area contributed by atoms with Crippen LogP contribution < -0.4 is 0 Å². The van der Waals surface area contributed by atoms with Crippen LogP contribution in [0.5, 0.6) is 0 Å². The van der Waals surface area contributed by atoms with Crippen molar-refractivity contribution in [3.05, 3.63) is 48.0 Å². The smallest absolute Gasteiger partial charge is 0.323 e. The zero-order valence-corrected chi connectivity index (χ0v) is 11.8. The average Bonchev–Trinajstić information content (AvgIpc) is 2.37. The molecule has 0 aliphatic carbocycles. The summed E-state index contributed by atoms with van der Waals surface area (Å²) >= 11 is 0. The van der Waals surface area contributed by atoms with Crippen LogP contribution in [-0.2, 0) is 20.0 Å². The Hall–Kier alpha value is -1.00. The van der Waals surface area contributed by atoms with Gasteiger partial charge in [0.2, 0.25) is 0 Å². The first-order valence-corrected chi connectivity index (χ1v) is 7.78. The van der Waals surface area contributed by atoms with Gasteiger partial charge < -0.3 is 14.9 Å². The van der Waals surface area contributed by atoms with E-state index in [2.05, 4.69) is 16.4 Å². The van der Waals surface area contributed by atoms with E-state index in [0.717, 1.165) is 10.9 Å². The van der Waals surface area contributed by atoms with Crippen LogP contribution in [-0.4, -0.2) is 14.9 Å². The molecule has 19 heavy (non-hydrogen) atoms. The summed E-state index contributed by atoms with van der Waals surface area (Å²) in [6.07, 6.45) is 0. The third kappa shape index (κ3) is 5.66. The molecule has 0 saturated carbocycles. The molecule has 0 heterocycles. The van der Waals surface area contributed by atoms with Gasteiger partial charge in [-0.1, -0.05) is 42.5 Å². The van der Waals surface area contributed by atoms with Gasteiger partial charge in [0, 0.05) is 0 Å². The molecule has 2 rings (SSSR count). The Morgan fingerprint density at radius 1 is 0.947 bits per heavy atom. The van der Waals surface area contributed by atoms with Crippen LogP contribution in [0, 0.1) is 0 Å². The highest BCUT2D eigenvalue weighted by molar-refractivity contribution is 7.46. The summed E-state index contributed by atoms with van der Waals surface area (Å²) in [7, 11) is -6.40. The first-order valence-electron chi connectivity index (χ1n) is 5.25. The molecule has 2 aromatic carbocycles. The fraction of sp³-hybridized carbons (Fsp3) is 0.0909. The van der Waals surface area contributed by atoms with Gasteiger partial charge in [-0.2, -0.15) is 0 Å². The molecular weight excluding hydrogens is 290 g/mol. The Morgan fingerprint density at radius 2 is 1.53 bits per heavy atom. The molecular formula is C11H14O6P2. The molecule has 2 aromatic rings. The zero-order valence-electron chi connectivity index (χ0n) is 9.81. The quantitative estimate of drug-likeness (QED) is 0.750. The molecule has 0 radical (unpaired) electrons. The van der Waals surface area contributed by atoms with Gasteiger partial charge in [-0.15, -0.1) is 0 Å². The molecule has 2 atom stereocenters. The Balaban J connectivity index is 0.000000224. The Bertz CT molecular complexity index is 569. The van der Waals surface area contributed by atoms with Gasteiger partial charge in [0.15, 0.2) is 0 Å². The minimum absolute atomic E-state index is 0.112. The fourth-order valence-electron chi connectivity index (χ4n) is 1.51. The van der Waals surface area contributed by atoms with Crippen molar-refractivity contribution < 1.29 is 28.3 Å². The molecule has 104 valence electrons. The lowest BCUT2D eigenvalue weighted by molar-refractivity contribution is 0.283. The van der Waals surface area contributed by atoms with Gasteiger partial charge in [-0.3, -0.25) is 9.13 Å². The summed E-state index contributed by atoms with van der Waals surface area (Å²) in [4.78, 5) is 15.4. The van der Waals surface area contributed by atoms with Crippen molar-refractivity contribution in [3.8, 4) is 0 Å². The fourth-order valence-corrected chi connectivity index (χ4v) is 2.10. The summed E-state index contributed by atoms with van der Waals surface area (Å²) in [6, 6.07) is 14.0. The van der Waals surface area contributed by atoms with Gasteiger partial charge in [-0.05, 0) is 16.3 Å². The van der Waals surface area contributed by atoms with E-state index in [-0.39, 0.29) is 6.61 Å². The topological polar surface area (TPSA) is 104 Å². The second kappa shape index (κ2) is 8.23. The molecule has 8 heteroatoms. The van der Waals surface area contributed by atoms with Crippen LogP contribution in [0.1, 0.15) is 5.56 Å². The van der Waals surface area contributed by atoms with Crippen LogP contribution >= 0.6 is 16.5 Å². The minimum atomic E-state index is -3.20. The number of hydrogen-bond acceptors (Lipinski definition) is 4. The molecule has 2 unspecified atom stereocenters. The molecule has 0 bridgehead atoms. The maximum absolute atomic E-state index is 9.44.